The van der Waals surface area contributed by atoms with Crippen LogP contribution in [0, 0.1) is 0 Å². The number of hydrogen-bond donors (Lipinski definition) is 1. The lowest BCUT2D eigenvalue weighted by Crippen LogP contribution is -2.33. The number of carbonyl (C=O) groups is 2. The molecular weight excluding hydrogens is 364 g/mol. The summed E-state index contributed by atoms with van der Waals surface area (Å²) >= 11 is 1.43. The van der Waals surface area contributed by atoms with Crippen molar-refractivity contribution < 1.29 is 9.59 Å². The number of hydrogen-bond acceptors (Lipinski definition) is 6. The van der Waals surface area contributed by atoms with Crippen molar-refractivity contribution in [2.45, 2.75) is 25.4 Å². The number of nitrogens with one attached hydrogen (secondary N) is 1. The molecule has 3 heterocycles. The van der Waals surface area contributed by atoms with Crippen LogP contribution in [-0.4, -0.2) is 43.5 Å². The van der Waals surface area contributed by atoms with Gasteiger partial charge in [-0.1, -0.05) is 18.2 Å². The largest absolute Gasteiger partial charge is 0.333 e. The number of tetrazole rings is 1. The predicted molar refractivity (Wildman–Crippen MR) is 100 cm³/mol. The zero-order chi connectivity index (χ0) is 18.6. The Morgan fingerprint density at radius 3 is 2.81 bits per heavy atom. The highest BCUT2D eigenvalue weighted by molar-refractivity contribution is 7.14. The fourth-order valence-electron chi connectivity index (χ4n) is 3.21. The molecule has 2 amide bonds. The molecule has 2 aromatic heterocycles. The van der Waals surface area contributed by atoms with Gasteiger partial charge in [0.1, 0.15) is 12.9 Å². The summed E-state index contributed by atoms with van der Waals surface area (Å²) in [6.07, 6.45) is 3.26. The third kappa shape index (κ3) is 3.87. The van der Waals surface area contributed by atoms with E-state index in [0.717, 1.165) is 23.4 Å². The molecule has 0 bridgehead atoms. The van der Waals surface area contributed by atoms with Gasteiger partial charge in [-0.15, -0.1) is 16.4 Å². The van der Waals surface area contributed by atoms with E-state index in [9.17, 15) is 9.59 Å². The standard InChI is InChI=1S/C18H18N6O2S/c25-17(11-23-12-19-21-22-23)24-10-4-7-14(24)15-8-9-16(27-15)18(26)20-13-5-2-1-3-6-13/h1-3,5-6,8-9,12,14H,4,7,10-11H2,(H,20,26). The van der Waals surface area contributed by atoms with E-state index in [1.165, 1.54) is 22.3 Å². The van der Waals surface area contributed by atoms with Gasteiger partial charge >= 0.3 is 0 Å². The molecule has 1 aliphatic heterocycles. The zero-order valence-electron chi connectivity index (χ0n) is 14.5. The van der Waals surface area contributed by atoms with Crippen molar-refractivity contribution in [1.29, 1.82) is 0 Å². The van der Waals surface area contributed by atoms with Crippen molar-refractivity contribution in [3.63, 3.8) is 0 Å². The van der Waals surface area contributed by atoms with Crippen LogP contribution in [-0.2, 0) is 11.3 Å². The van der Waals surface area contributed by atoms with Gasteiger partial charge in [0.25, 0.3) is 5.91 Å². The van der Waals surface area contributed by atoms with E-state index in [1.807, 2.05) is 47.4 Å². The van der Waals surface area contributed by atoms with Gasteiger partial charge in [-0.05, 0) is 47.5 Å². The maximum absolute atomic E-state index is 12.6. The second-order valence-electron chi connectivity index (χ2n) is 6.27. The average molecular weight is 382 g/mol. The summed E-state index contributed by atoms with van der Waals surface area (Å²) in [7, 11) is 0. The lowest BCUT2D eigenvalue weighted by Gasteiger charge is -2.23. The van der Waals surface area contributed by atoms with Crippen molar-refractivity contribution >= 4 is 28.8 Å². The maximum Gasteiger partial charge on any atom is 0.265 e. The van der Waals surface area contributed by atoms with E-state index in [2.05, 4.69) is 20.8 Å². The second kappa shape index (κ2) is 7.67. The van der Waals surface area contributed by atoms with Crippen LogP contribution < -0.4 is 5.32 Å². The van der Waals surface area contributed by atoms with Gasteiger partial charge in [0, 0.05) is 17.1 Å². The first-order valence-electron chi connectivity index (χ1n) is 8.67. The van der Waals surface area contributed by atoms with Crippen molar-refractivity contribution in [2.24, 2.45) is 0 Å². The summed E-state index contributed by atoms with van der Waals surface area (Å²) in [5, 5.41) is 13.8. The van der Waals surface area contributed by atoms with Crippen LogP contribution in [0.4, 0.5) is 5.69 Å². The smallest absolute Gasteiger partial charge is 0.265 e. The molecule has 0 radical (unpaired) electrons. The predicted octanol–water partition coefficient (Wildman–Crippen LogP) is 2.35. The van der Waals surface area contributed by atoms with Gasteiger partial charge in [-0.25, -0.2) is 4.68 Å². The summed E-state index contributed by atoms with van der Waals surface area (Å²) in [5.74, 6) is -0.157. The third-order valence-electron chi connectivity index (χ3n) is 4.47. The average Bonchev–Trinajstić information content (AvgIpc) is 3.43. The number of anilines is 1. The van der Waals surface area contributed by atoms with Crippen LogP contribution in [0.15, 0.2) is 48.8 Å². The van der Waals surface area contributed by atoms with Crippen molar-refractivity contribution in [1.82, 2.24) is 25.1 Å². The number of amides is 2. The van der Waals surface area contributed by atoms with Crippen molar-refractivity contribution in [2.75, 3.05) is 11.9 Å². The normalized spacial score (nSPS) is 16.4. The molecule has 138 valence electrons. The zero-order valence-corrected chi connectivity index (χ0v) is 15.3. The van der Waals surface area contributed by atoms with Crippen LogP contribution in [0.5, 0.6) is 0 Å². The summed E-state index contributed by atoms with van der Waals surface area (Å²) in [6, 6.07) is 13.1. The van der Waals surface area contributed by atoms with Crippen molar-refractivity contribution in [3.8, 4) is 0 Å². The summed E-state index contributed by atoms with van der Waals surface area (Å²) in [4.78, 5) is 28.6. The molecule has 1 saturated heterocycles. The molecular formula is C18H18N6O2S. The Hall–Kier alpha value is -3.07. The molecule has 1 aliphatic rings. The van der Waals surface area contributed by atoms with E-state index in [1.54, 1.807) is 0 Å². The number of carbonyl (C=O) groups excluding carboxylic acids is 2. The molecule has 1 N–H and O–H groups in total. The topological polar surface area (TPSA) is 93.0 Å². The number of thiophene rings is 1. The minimum Gasteiger partial charge on any atom is -0.333 e. The summed E-state index contributed by atoms with van der Waals surface area (Å²) in [6.45, 7) is 0.825. The first-order valence-corrected chi connectivity index (χ1v) is 9.49. The number of nitrogens with zero attached hydrogens (tertiary/aromatic N) is 5. The molecule has 4 rings (SSSR count). The van der Waals surface area contributed by atoms with Crippen LogP contribution in [0.2, 0.25) is 0 Å². The SMILES string of the molecule is O=C(Nc1ccccc1)c1ccc(C2CCCN2C(=O)Cn2cnnn2)s1. The highest BCUT2D eigenvalue weighted by Gasteiger charge is 2.31. The molecule has 1 unspecified atom stereocenters. The molecule has 0 spiro atoms. The molecule has 3 aromatic rings. The van der Waals surface area contributed by atoms with Gasteiger partial charge in [0.2, 0.25) is 5.91 Å². The number of para-hydroxylation sites is 1. The Bertz CT molecular complexity index is 925. The van der Waals surface area contributed by atoms with E-state index >= 15 is 0 Å². The minimum absolute atomic E-state index is 0.00254. The monoisotopic (exact) mass is 382 g/mol. The lowest BCUT2D eigenvalue weighted by molar-refractivity contribution is -0.133. The molecule has 8 nitrogen and oxygen atoms in total. The summed E-state index contributed by atoms with van der Waals surface area (Å²) < 4.78 is 1.42. The highest BCUT2D eigenvalue weighted by Crippen LogP contribution is 2.36. The van der Waals surface area contributed by atoms with Gasteiger partial charge in [0.15, 0.2) is 0 Å². The Balaban J connectivity index is 1.45. The molecule has 1 atom stereocenters. The minimum atomic E-state index is -0.137. The Morgan fingerprint density at radius 2 is 2.04 bits per heavy atom. The quantitative estimate of drug-likeness (QED) is 0.731. The lowest BCUT2D eigenvalue weighted by atomic mass is 10.2. The fourth-order valence-corrected chi connectivity index (χ4v) is 4.26. The first-order chi connectivity index (χ1) is 13.2. The molecule has 27 heavy (non-hydrogen) atoms. The number of likely N-dealkylation sites (tertiary alicyclic amines) is 1. The van der Waals surface area contributed by atoms with Gasteiger partial charge < -0.3 is 10.2 Å². The fraction of sp³-hybridized carbons (Fsp3) is 0.278. The van der Waals surface area contributed by atoms with Gasteiger partial charge in [-0.3, -0.25) is 9.59 Å². The number of aromatic nitrogens is 4. The van der Waals surface area contributed by atoms with Crippen molar-refractivity contribution in [3.05, 3.63) is 58.5 Å². The molecule has 9 heteroatoms. The van der Waals surface area contributed by atoms with Gasteiger partial charge in [-0.2, -0.15) is 0 Å². The van der Waals surface area contributed by atoms with E-state index in [0.29, 0.717) is 11.4 Å². The second-order valence-corrected chi connectivity index (χ2v) is 7.39. The van der Waals surface area contributed by atoms with Crippen LogP contribution in [0.25, 0.3) is 0 Å². The maximum atomic E-state index is 12.6. The van der Waals surface area contributed by atoms with E-state index < -0.39 is 0 Å². The number of rotatable bonds is 5. The Kier molecular flexibility index (Phi) is 4.93. The van der Waals surface area contributed by atoms with Crippen LogP contribution in [0.1, 0.15) is 33.4 Å². The first kappa shape index (κ1) is 17.3. The number of benzene rings is 1. The Morgan fingerprint density at radius 1 is 1.19 bits per heavy atom. The summed E-state index contributed by atoms with van der Waals surface area (Å²) in [5.41, 5.74) is 0.761. The molecule has 0 aliphatic carbocycles. The Labute approximate surface area is 159 Å². The third-order valence-corrected chi connectivity index (χ3v) is 5.66. The molecule has 1 fully saturated rings. The van der Waals surface area contributed by atoms with Crippen LogP contribution in [0.3, 0.4) is 0 Å². The van der Waals surface area contributed by atoms with Crippen LogP contribution >= 0.6 is 11.3 Å². The molecule has 1 aromatic carbocycles. The van der Waals surface area contributed by atoms with E-state index in [4.69, 9.17) is 0 Å². The van der Waals surface area contributed by atoms with Gasteiger partial charge in [0.05, 0.1) is 10.9 Å². The molecule has 0 saturated carbocycles. The van der Waals surface area contributed by atoms with E-state index in [-0.39, 0.29) is 24.4 Å². The highest BCUT2D eigenvalue weighted by atomic mass is 32.1.